The highest BCUT2D eigenvalue weighted by Gasteiger charge is 2.46. The predicted octanol–water partition coefficient (Wildman–Crippen LogP) is 4.57. The SMILES string of the molecule is N#Cc1ccc(O[C@H](c2cnc(C3CC3)nc2)[C@@H](NC(=O)C(F)(F)F)C2CC2)c(Br)c1. The highest BCUT2D eigenvalue weighted by Crippen LogP contribution is 2.42. The van der Waals surface area contributed by atoms with Crippen LogP contribution in [-0.2, 0) is 4.79 Å². The second-order valence-corrected chi connectivity index (χ2v) is 8.63. The summed E-state index contributed by atoms with van der Waals surface area (Å²) in [5, 5.41) is 11.2. The Kier molecular flexibility index (Phi) is 5.88. The molecule has 6 nitrogen and oxygen atoms in total. The van der Waals surface area contributed by atoms with Crippen LogP contribution >= 0.6 is 15.9 Å². The molecule has 2 saturated carbocycles. The molecule has 1 N–H and O–H groups in total. The van der Waals surface area contributed by atoms with Gasteiger partial charge in [-0.15, -0.1) is 0 Å². The lowest BCUT2D eigenvalue weighted by atomic mass is 10.00. The standard InChI is InChI=1S/C21H18BrF3N4O2/c22-15-7-11(8-26)1-6-16(15)31-18(14-9-27-19(28-10-14)13-4-5-13)17(12-2-3-12)29-20(30)21(23,24)25/h1,6-7,9-10,12-13,17-18H,2-5H2,(H,29,30)/t17-,18+/m0/s1. The van der Waals surface area contributed by atoms with Crippen LogP contribution in [0.3, 0.4) is 0 Å². The molecule has 1 aromatic carbocycles. The van der Waals surface area contributed by atoms with Crippen LogP contribution in [0.5, 0.6) is 5.75 Å². The van der Waals surface area contributed by atoms with E-state index in [0.717, 1.165) is 12.8 Å². The van der Waals surface area contributed by atoms with Crippen molar-refractivity contribution in [3.8, 4) is 11.8 Å². The number of rotatable bonds is 7. The zero-order valence-corrected chi connectivity index (χ0v) is 17.8. The van der Waals surface area contributed by atoms with Crippen LogP contribution < -0.4 is 10.1 Å². The van der Waals surface area contributed by atoms with Crippen molar-refractivity contribution < 1.29 is 22.7 Å². The molecule has 0 bridgehead atoms. The minimum atomic E-state index is -5.00. The summed E-state index contributed by atoms with van der Waals surface area (Å²) >= 11 is 3.34. The topological polar surface area (TPSA) is 87.9 Å². The summed E-state index contributed by atoms with van der Waals surface area (Å²) in [6.07, 6.45) is 0.565. The van der Waals surface area contributed by atoms with Crippen molar-refractivity contribution in [3.05, 3.63) is 52.0 Å². The molecular formula is C21H18BrF3N4O2. The second-order valence-electron chi connectivity index (χ2n) is 7.78. The molecule has 10 heteroatoms. The van der Waals surface area contributed by atoms with Crippen molar-refractivity contribution >= 4 is 21.8 Å². The van der Waals surface area contributed by atoms with E-state index in [-0.39, 0.29) is 5.92 Å². The molecule has 0 unspecified atom stereocenters. The molecule has 31 heavy (non-hydrogen) atoms. The van der Waals surface area contributed by atoms with E-state index >= 15 is 0 Å². The van der Waals surface area contributed by atoms with Gasteiger partial charge < -0.3 is 10.1 Å². The number of nitriles is 1. The summed E-state index contributed by atoms with van der Waals surface area (Å²) in [5.41, 5.74) is 0.872. The number of ether oxygens (including phenoxy) is 1. The number of hydrogen-bond acceptors (Lipinski definition) is 5. The van der Waals surface area contributed by atoms with E-state index in [2.05, 4.69) is 31.2 Å². The van der Waals surface area contributed by atoms with E-state index in [0.29, 0.717) is 45.9 Å². The number of hydrogen-bond donors (Lipinski definition) is 1. The molecule has 1 amide bonds. The molecule has 0 spiro atoms. The number of nitrogens with one attached hydrogen (secondary N) is 1. The Morgan fingerprint density at radius 1 is 1.23 bits per heavy atom. The van der Waals surface area contributed by atoms with E-state index in [9.17, 15) is 18.0 Å². The monoisotopic (exact) mass is 494 g/mol. The highest BCUT2D eigenvalue weighted by molar-refractivity contribution is 9.10. The second kappa shape index (κ2) is 8.46. The first kappa shape index (κ1) is 21.6. The molecule has 1 aromatic heterocycles. The average Bonchev–Trinajstić information content (AvgIpc) is 3.63. The van der Waals surface area contributed by atoms with Crippen molar-refractivity contribution in [2.45, 2.75) is 49.9 Å². The van der Waals surface area contributed by atoms with Crippen LogP contribution in [0.4, 0.5) is 13.2 Å². The number of benzene rings is 1. The van der Waals surface area contributed by atoms with Crippen LogP contribution in [0.2, 0.25) is 0 Å². The van der Waals surface area contributed by atoms with Gasteiger partial charge >= 0.3 is 12.1 Å². The van der Waals surface area contributed by atoms with Gasteiger partial charge in [0.15, 0.2) is 0 Å². The van der Waals surface area contributed by atoms with Crippen molar-refractivity contribution in [1.82, 2.24) is 15.3 Å². The number of carbonyl (C=O) groups excluding carboxylic acids is 1. The van der Waals surface area contributed by atoms with Crippen molar-refractivity contribution in [2.75, 3.05) is 0 Å². The minimum Gasteiger partial charge on any atom is -0.482 e. The fraction of sp³-hybridized carbons (Fsp3) is 0.429. The summed E-state index contributed by atoms with van der Waals surface area (Å²) in [5.74, 6) is -0.805. The molecule has 1 heterocycles. The Morgan fingerprint density at radius 3 is 2.42 bits per heavy atom. The molecular weight excluding hydrogens is 477 g/mol. The van der Waals surface area contributed by atoms with Gasteiger partial charge in [0, 0.05) is 23.9 Å². The van der Waals surface area contributed by atoms with Crippen molar-refractivity contribution in [3.63, 3.8) is 0 Å². The van der Waals surface area contributed by atoms with Crippen LogP contribution in [0.15, 0.2) is 35.1 Å². The van der Waals surface area contributed by atoms with E-state index in [1.165, 1.54) is 0 Å². The van der Waals surface area contributed by atoms with E-state index in [4.69, 9.17) is 10.00 Å². The number of carbonyl (C=O) groups is 1. The molecule has 2 aromatic rings. The number of aromatic nitrogens is 2. The van der Waals surface area contributed by atoms with E-state index in [1.54, 1.807) is 30.6 Å². The highest BCUT2D eigenvalue weighted by atomic mass is 79.9. The lowest BCUT2D eigenvalue weighted by Crippen LogP contribution is -2.48. The van der Waals surface area contributed by atoms with Gasteiger partial charge in [-0.05, 0) is 65.7 Å². The quantitative estimate of drug-likeness (QED) is 0.609. The zero-order chi connectivity index (χ0) is 22.2. The maximum atomic E-state index is 13.0. The molecule has 2 atom stereocenters. The third-order valence-electron chi connectivity index (χ3n) is 5.29. The van der Waals surface area contributed by atoms with Gasteiger partial charge in [0.1, 0.15) is 17.7 Å². The first-order valence-corrected chi connectivity index (χ1v) is 10.6. The smallest absolute Gasteiger partial charge is 0.471 e. The molecule has 4 rings (SSSR count). The zero-order valence-electron chi connectivity index (χ0n) is 16.2. The first-order valence-electron chi connectivity index (χ1n) is 9.82. The molecule has 0 aliphatic heterocycles. The summed E-state index contributed by atoms with van der Waals surface area (Å²) < 4.78 is 45.5. The van der Waals surface area contributed by atoms with E-state index < -0.39 is 24.2 Å². The Bertz CT molecular complexity index is 1010. The maximum Gasteiger partial charge on any atom is 0.471 e. The Morgan fingerprint density at radius 2 is 1.90 bits per heavy atom. The number of nitrogens with zero attached hydrogens (tertiary/aromatic N) is 3. The lowest BCUT2D eigenvalue weighted by molar-refractivity contribution is -0.175. The van der Waals surface area contributed by atoms with Crippen molar-refractivity contribution in [1.29, 1.82) is 5.26 Å². The Balaban J connectivity index is 1.67. The van der Waals surface area contributed by atoms with Gasteiger partial charge in [-0.2, -0.15) is 18.4 Å². The summed E-state index contributed by atoms with van der Waals surface area (Å²) in [6, 6.07) is 5.76. The summed E-state index contributed by atoms with van der Waals surface area (Å²) in [7, 11) is 0. The van der Waals surface area contributed by atoms with Gasteiger partial charge in [-0.25, -0.2) is 9.97 Å². The predicted molar refractivity (Wildman–Crippen MR) is 107 cm³/mol. The molecule has 2 fully saturated rings. The number of halogens is 4. The van der Waals surface area contributed by atoms with Gasteiger partial charge in [-0.1, -0.05) is 0 Å². The third kappa shape index (κ3) is 5.15. The molecule has 2 aliphatic carbocycles. The third-order valence-corrected chi connectivity index (χ3v) is 5.91. The normalized spacial score (nSPS) is 18.0. The Labute approximate surface area is 185 Å². The van der Waals surface area contributed by atoms with Gasteiger partial charge in [0.05, 0.1) is 22.1 Å². The molecule has 2 aliphatic rings. The summed E-state index contributed by atoms with van der Waals surface area (Å²) in [6.45, 7) is 0. The van der Waals surface area contributed by atoms with Crippen LogP contribution in [-0.4, -0.2) is 28.1 Å². The average molecular weight is 495 g/mol. The van der Waals surface area contributed by atoms with E-state index in [1.807, 2.05) is 6.07 Å². The number of alkyl halides is 3. The summed E-state index contributed by atoms with van der Waals surface area (Å²) in [4.78, 5) is 20.5. The minimum absolute atomic E-state index is 0.156. The number of amides is 1. The lowest BCUT2D eigenvalue weighted by Gasteiger charge is -2.29. The van der Waals surface area contributed by atoms with Crippen LogP contribution in [0.1, 0.15) is 54.7 Å². The molecule has 162 valence electrons. The largest absolute Gasteiger partial charge is 0.482 e. The van der Waals surface area contributed by atoms with Crippen LogP contribution in [0, 0.1) is 17.2 Å². The van der Waals surface area contributed by atoms with Gasteiger partial charge in [0.2, 0.25) is 0 Å². The molecule has 0 saturated heterocycles. The maximum absolute atomic E-state index is 13.0. The molecule has 0 radical (unpaired) electrons. The van der Waals surface area contributed by atoms with Gasteiger partial charge in [-0.3, -0.25) is 4.79 Å². The van der Waals surface area contributed by atoms with Crippen molar-refractivity contribution in [2.24, 2.45) is 5.92 Å². The van der Waals surface area contributed by atoms with Crippen LogP contribution in [0.25, 0.3) is 0 Å². The fourth-order valence-corrected chi connectivity index (χ4v) is 3.80. The van der Waals surface area contributed by atoms with Gasteiger partial charge in [0.25, 0.3) is 0 Å². The first-order chi connectivity index (χ1) is 14.8. The Hall–Kier alpha value is -2.67. The fourth-order valence-electron chi connectivity index (χ4n) is 3.33.